The molecule has 0 saturated carbocycles. The minimum absolute atomic E-state index is 0.0805. The number of benzene rings is 1. The fourth-order valence-corrected chi connectivity index (χ4v) is 2.17. The van der Waals surface area contributed by atoms with Gasteiger partial charge in [-0.2, -0.15) is 5.10 Å². The molecule has 2 rings (SSSR count). The van der Waals surface area contributed by atoms with Crippen molar-refractivity contribution >= 4 is 17.6 Å². The number of nitrogens with zero attached hydrogens (tertiary/aromatic N) is 2. The van der Waals surface area contributed by atoms with Gasteiger partial charge in [0.25, 0.3) is 0 Å². The smallest absolute Gasteiger partial charge is 0.248 e. The van der Waals surface area contributed by atoms with Gasteiger partial charge in [0, 0.05) is 24.4 Å². The molecule has 0 aliphatic heterocycles. The molecule has 0 bridgehead atoms. The van der Waals surface area contributed by atoms with Gasteiger partial charge in [-0.3, -0.25) is 14.3 Å². The zero-order valence-corrected chi connectivity index (χ0v) is 12.1. The Bertz CT molecular complexity index is 676. The standard InChI is InChI=1S/C15H18N4O2/c1-3-11-9-13(18-19(11)2)17-14(20)8-10-6-4-5-7-12(10)15(16)21/h4-7,9H,3,8H2,1-2H3,(H2,16,21)(H,17,18,20). The highest BCUT2D eigenvalue weighted by Crippen LogP contribution is 2.12. The Hall–Kier alpha value is -2.63. The van der Waals surface area contributed by atoms with E-state index in [1.807, 2.05) is 20.0 Å². The number of carbonyl (C=O) groups is 2. The first kappa shape index (κ1) is 14.8. The highest BCUT2D eigenvalue weighted by atomic mass is 16.2. The maximum absolute atomic E-state index is 12.1. The third-order valence-electron chi connectivity index (χ3n) is 3.24. The summed E-state index contributed by atoms with van der Waals surface area (Å²) in [5.41, 5.74) is 7.30. The Kier molecular flexibility index (Phi) is 4.37. The van der Waals surface area contributed by atoms with Crippen LogP contribution in [0.1, 0.15) is 28.5 Å². The van der Waals surface area contributed by atoms with E-state index >= 15 is 0 Å². The van der Waals surface area contributed by atoms with E-state index in [9.17, 15) is 9.59 Å². The van der Waals surface area contributed by atoms with Gasteiger partial charge < -0.3 is 11.1 Å². The average molecular weight is 286 g/mol. The number of amides is 2. The van der Waals surface area contributed by atoms with E-state index in [-0.39, 0.29) is 12.3 Å². The quantitative estimate of drug-likeness (QED) is 0.867. The van der Waals surface area contributed by atoms with Crippen molar-refractivity contribution in [2.75, 3.05) is 5.32 Å². The van der Waals surface area contributed by atoms with Crippen LogP contribution < -0.4 is 11.1 Å². The highest BCUT2D eigenvalue weighted by Gasteiger charge is 2.12. The first-order chi connectivity index (χ1) is 10.0. The lowest BCUT2D eigenvalue weighted by molar-refractivity contribution is -0.115. The summed E-state index contributed by atoms with van der Waals surface area (Å²) in [5, 5.41) is 6.94. The molecule has 0 fully saturated rings. The van der Waals surface area contributed by atoms with Gasteiger partial charge in [0.2, 0.25) is 11.8 Å². The van der Waals surface area contributed by atoms with Crippen molar-refractivity contribution in [3.8, 4) is 0 Å². The minimum atomic E-state index is -0.537. The first-order valence-electron chi connectivity index (χ1n) is 6.71. The largest absolute Gasteiger partial charge is 0.366 e. The summed E-state index contributed by atoms with van der Waals surface area (Å²) in [5.74, 6) is -0.259. The molecule has 2 aromatic rings. The van der Waals surface area contributed by atoms with Crippen molar-refractivity contribution in [2.45, 2.75) is 19.8 Å². The fraction of sp³-hybridized carbons (Fsp3) is 0.267. The summed E-state index contributed by atoms with van der Waals surface area (Å²) in [6.45, 7) is 2.02. The summed E-state index contributed by atoms with van der Waals surface area (Å²) in [7, 11) is 1.83. The highest BCUT2D eigenvalue weighted by molar-refractivity contribution is 5.97. The average Bonchev–Trinajstić information content (AvgIpc) is 2.78. The van der Waals surface area contributed by atoms with Crippen LogP contribution in [0.3, 0.4) is 0 Å². The van der Waals surface area contributed by atoms with Gasteiger partial charge in [-0.15, -0.1) is 0 Å². The van der Waals surface area contributed by atoms with E-state index in [2.05, 4.69) is 10.4 Å². The summed E-state index contributed by atoms with van der Waals surface area (Å²) < 4.78 is 1.73. The van der Waals surface area contributed by atoms with E-state index < -0.39 is 5.91 Å². The number of primary amides is 1. The normalized spacial score (nSPS) is 10.4. The Balaban J connectivity index is 2.10. The number of nitrogens with two attached hydrogens (primary N) is 1. The van der Waals surface area contributed by atoms with E-state index in [1.165, 1.54) is 0 Å². The predicted octanol–water partition coefficient (Wildman–Crippen LogP) is 1.26. The fourth-order valence-electron chi connectivity index (χ4n) is 2.17. The monoisotopic (exact) mass is 286 g/mol. The van der Waals surface area contributed by atoms with Gasteiger partial charge >= 0.3 is 0 Å². The van der Waals surface area contributed by atoms with E-state index in [0.717, 1.165) is 12.1 Å². The topological polar surface area (TPSA) is 90.0 Å². The molecule has 6 nitrogen and oxygen atoms in total. The number of hydrogen-bond acceptors (Lipinski definition) is 3. The molecule has 0 unspecified atom stereocenters. The van der Waals surface area contributed by atoms with Crippen LogP contribution in [0, 0.1) is 0 Å². The molecule has 0 aliphatic carbocycles. The lowest BCUT2D eigenvalue weighted by atomic mass is 10.0. The Morgan fingerprint density at radius 2 is 2.05 bits per heavy atom. The van der Waals surface area contributed by atoms with Crippen LogP contribution in [0.4, 0.5) is 5.82 Å². The molecule has 1 heterocycles. The minimum Gasteiger partial charge on any atom is -0.366 e. The number of hydrogen-bond donors (Lipinski definition) is 2. The maximum atomic E-state index is 12.1. The SMILES string of the molecule is CCc1cc(NC(=O)Cc2ccccc2C(N)=O)nn1C. The summed E-state index contributed by atoms with van der Waals surface area (Å²) >= 11 is 0. The van der Waals surface area contributed by atoms with Crippen LogP contribution >= 0.6 is 0 Å². The van der Waals surface area contributed by atoms with E-state index in [0.29, 0.717) is 16.9 Å². The van der Waals surface area contributed by atoms with Crippen molar-refractivity contribution in [1.29, 1.82) is 0 Å². The van der Waals surface area contributed by atoms with E-state index in [4.69, 9.17) is 5.73 Å². The Labute approximate surface area is 122 Å². The molecule has 0 atom stereocenters. The van der Waals surface area contributed by atoms with Crippen LogP contribution in [-0.2, 0) is 24.7 Å². The van der Waals surface area contributed by atoms with Gasteiger partial charge in [-0.25, -0.2) is 0 Å². The Morgan fingerprint density at radius 3 is 2.67 bits per heavy atom. The summed E-state index contributed by atoms with van der Waals surface area (Å²) in [6.07, 6.45) is 0.918. The molecule has 1 aromatic heterocycles. The van der Waals surface area contributed by atoms with Crippen LogP contribution in [-0.4, -0.2) is 21.6 Å². The molecule has 3 N–H and O–H groups in total. The van der Waals surface area contributed by atoms with Crippen LogP contribution in [0.15, 0.2) is 30.3 Å². The second-order valence-corrected chi connectivity index (χ2v) is 4.74. The van der Waals surface area contributed by atoms with Gasteiger partial charge in [0.05, 0.1) is 6.42 Å². The second-order valence-electron chi connectivity index (χ2n) is 4.74. The molecule has 0 radical (unpaired) electrons. The number of anilines is 1. The van der Waals surface area contributed by atoms with Gasteiger partial charge in [-0.1, -0.05) is 25.1 Å². The summed E-state index contributed by atoms with van der Waals surface area (Å²) in [4.78, 5) is 23.4. The third kappa shape index (κ3) is 3.47. The van der Waals surface area contributed by atoms with Crippen molar-refractivity contribution in [2.24, 2.45) is 12.8 Å². The number of aromatic nitrogens is 2. The van der Waals surface area contributed by atoms with Crippen molar-refractivity contribution in [3.63, 3.8) is 0 Å². The van der Waals surface area contributed by atoms with Crippen LogP contribution in [0.2, 0.25) is 0 Å². The van der Waals surface area contributed by atoms with Crippen molar-refractivity contribution < 1.29 is 9.59 Å². The molecular weight excluding hydrogens is 268 g/mol. The number of nitrogens with one attached hydrogen (secondary N) is 1. The number of aryl methyl sites for hydroxylation is 2. The zero-order valence-electron chi connectivity index (χ0n) is 12.1. The van der Waals surface area contributed by atoms with Crippen molar-refractivity contribution in [3.05, 3.63) is 47.2 Å². The van der Waals surface area contributed by atoms with Gasteiger partial charge in [0.1, 0.15) is 0 Å². The third-order valence-corrected chi connectivity index (χ3v) is 3.24. The molecular formula is C15H18N4O2. The lowest BCUT2D eigenvalue weighted by Gasteiger charge is -2.06. The molecule has 21 heavy (non-hydrogen) atoms. The van der Waals surface area contributed by atoms with E-state index in [1.54, 1.807) is 28.9 Å². The lowest BCUT2D eigenvalue weighted by Crippen LogP contribution is -2.19. The predicted molar refractivity (Wildman–Crippen MR) is 79.9 cm³/mol. The molecule has 0 aliphatic rings. The maximum Gasteiger partial charge on any atom is 0.248 e. The number of rotatable bonds is 5. The van der Waals surface area contributed by atoms with Gasteiger partial charge in [0.15, 0.2) is 5.82 Å². The van der Waals surface area contributed by atoms with Gasteiger partial charge in [-0.05, 0) is 18.1 Å². The second kappa shape index (κ2) is 6.21. The summed E-state index contributed by atoms with van der Waals surface area (Å²) in [6, 6.07) is 8.65. The van der Waals surface area contributed by atoms with Crippen LogP contribution in [0.5, 0.6) is 0 Å². The molecule has 1 aromatic carbocycles. The Morgan fingerprint density at radius 1 is 1.33 bits per heavy atom. The first-order valence-corrected chi connectivity index (χ1v) is 6.71. The molecule has 6 heteroatoms. The molecule has 0 saturated heterocycles. The molecule has 110 valence electrons. The van der Waals surface area contributed by atoms with Crippen LogP contribution in [0.25, 0.3) is 0 Å². The van der Waals surface area contributed by atoms with Crippen molar-refractivity contribution in [1.82, 2.24) is 9.78 Å². The molecule has 2 amide bonds. The number of carbonyl (C=O) groups excluding carboxylic acids is 2. The molecule has 0 spiro atoms. The zero-order chi connectivity index (χ0) is 15.4.